The lowest BCUT2D eigenvalue weighted by atomic mass is 9.89. The van der Waals surface area contributed by atoms with Crippen LogP contribution in [0.2, 0.25) is 0 Å². The van der Waals surface area contributed by atoms with Gasteiger partial charge in [0.25, 0.3) is 5.91 Å². The molecule has 1 aliphatic heterocycles. The van der Waals surface area contributed by atoms with Crippen molar-refractivity contribution >= 4 is 5.91 Å². The number of carbonyl (C=O) groups excluding carboxylic acids is 1. The highest BCUT2D eigenvalue weighted by molar-refractivity contribution is 5.78. The lowest BCUT2D eigenvalue weighted by molar-refractivity contribution is -0.124. The third kappa shape index (κ3) is 4.18. The van der Waals surface area contributed by atoms with Crippen molar-refractivity contribution < 1.29 is 14.3 Å². The molecule has 1 atom stereocenters. The lowest BCUT2D eigenvalue weighted by Gasteiger charge is -2.38. The minimum absolute atomic E-state index is 0.00147. The van der Waals surface area contributed by atoms with Gasteiger partial charge in [0.15, 0.2) is 6.61 Å². The summed E-state index contributed by atoms with van der Waals surface area (Å²) in [5, 5.41) is 3.10. The van der Waals surface area contributed by atoms with Gasteiger partial charge in [-0.15, -0.1) is 0 Å². The molecular formula is C22H27NO3. The van der Waals surface area contributed by atoms with Crippen molar-refractivity contribution in [2.45, 2.75) is 52.7 Å². The van der Waals surface area contributed by atoms with Crippen molar-refractivity contribution in [2.75, 3.05) is 6.61 Å². The monoisotopic (exact) mass is 353 g/mol. The average molecular weight is 353 g/mol. The summed E-state index contributed by atoms with van der Waals surface area (Å²) in [5.41, 5.74) is 4.20. The second-order valence-corrected chi connectivity index (χ2v) is 7.76. The van der Waals surface area contributed by atoms with E-state index in [4.69, 9.17) is 9.47 Å². The van der Waals surface area contributed by atoms with Gasteiger partial charge in [-0.1, -0.05) is 18.2 Å². The van der Waals surface area contributed by atoms with E-state index in [1.807, 2.05) is 64.1 Å². The molecule has 4 heteroatoms. The molecule has 0 saturated carbocycles. The minimum Gasteiger partial charge on any atom is -0.487 e. The highest BCUT2D eigenvalue weighted by Crippen LogP contribution is 2.39. The summed E-state index contributed by atoms with van der Waals surface area (Å²) in [5.74, 6) is 1.44. The molecule has 0 bridgehead atoms. The molecule has 2 aromatic rings. The van der Waals surface area contributed by atoms with Crippen molar-refractivity contribution in [1.29, 1.82) is 0 Å². The Kier molecular flexibility index (Phi) is 4.94. The van der Waals surface area contributed by atoms with E-state index in [1.165, 1.54) is 5.56 Å². The number of amides is 1. The lowest BCUT2D eigenvalue weighted by Crippen LogP contribution is -2.42. The Morgan fingerprint density at radius 1 is 1.15 bits per heavy atom. The Bertz CT molecular complexity index is 826. The van der Waals surface area contributed by atoms with Gasteiger partial charge in [-0.05, 0) is 69.5 Å². The van der Waals surface area contributed by atoms with Crippen LogP contribution < -0.4 is 14.8 Å². The summed E-state index contributed by atoms with van der Waals surface area (Å²) in [6.07, 6.45) is 0.721. The van der Waals surface area contributed by atoms with Crippen LogP contribution in [0.5, 0.6) is 11.5 Å². The van der Waals surface area contributed by atoms with Crippen LogP contribution in [0.1, 0.15) is 48.6 Å². The zero-order valence-electron chi connectivity index (χ0n) is 16.2. The topological polar surface area (TPSA) is 47.6 Å². The zero-order chi connectivity index (χ0) is 18.9. The molecule has 3 rings (SSSR count). The molecule has 138 valence electrons. The summed E-state index contributed by atoms with van der Waals surface area (Å²) in [4.78, 5) is 12.4. The molecule has 0 saturated heterocycles. The van der Waals surface area contributed by atoms with Gasteiger partial charge in [0.05, 0.1) is 6.04 Å². The predicted molar refractivity (Wildman–Crippen MR) is 103 cm³/mol. The fraction of sp³-hybridized carbons (Fsp3) is 0.409. The number of rotatable bonds is 4. The third-order valence-corrected chi connectivity index (χ3v) is 4.81. The fourth-order valence-corrected chi connectivity index (χ4v) is 3.28. The van der Waals surface area contributed by atoms with Crippen molar-refractivity contribution in [2.24, 2.45) is 0 Å². The molecule has 0 aromatic heterocycles. The number of nitrogens with one attached hydrogen (secondary N) is 1. The predicted octanol–water partition coefficient (Wildman–Crippen LogP) is 4.41. The second-order valence-electron chi connectivity index (χ2n) is 7.76. The Hall–Kier alpha value is -2.49. The van der Waals surface area contributed by atoms with Crippen LogP contribution in [0, 0.1) is 20.8 Å². The molecule has 1 N–H and O–H groups in total. The van der Waals surface area contributed by atoms with Gasteiger partial charge in [0, 0.05) is 12.0 Å². The molecule has 0 fully saturated rings. The van der Waals surface area contributed by atoms with E-state index in [2.05, 4.69) is 12.2 Å². The average Bonchev–Trinajstić information content (AvgIpc) is 2.54. The summed E-state index contributed by atoms with van der Waals surface area (Å²) in [6.45, 7) is 10.2. The van der Waals surface area contributed by atoms with E-state index in [0.717, 1.165) is 28.9 Å². The van der Waals surface area contributed by atoms with Crippen LogP contribution in [0.4, 0.5) is 0 Å². The Morgan fingerprint density at radius 2 is 1.92 bits per heavy atom. The Morgan fingerprint density at radius 3 is 2.65 bits per heavy atom. The zero-order valence-corrected chi connectivity index (χ0v) is 16.2. The van der Waals surface area contributed by atoms with Crippen molar-refractivity contribution in [3.8, 4) is 11.5 Å². The van der Waals surface area contributed by atoms with E-state index >= 15 is 0 Å². The second kappa shape index (κ2) is 7.02. The number of benzene rings is 2. The Labute approximate surface area is 155 Å². The molecule has 1 heterocycles. The molecule has 0 aliphatic carbocycles. The van der Waals surface area contributed by atoms with Crippen LogP contribution in [0.25, 0.3) is 0 Å². The number of hydrogen-bond donors (Lipinski definition) is 1. The highest BCUT2D eigenvalue weighted by atomic mass is 16.5. The standard InChI is InChI=1S/C22H27NO3/c1-14-6-9-18-19(12-22(4,5)26-20(18)10-14)23-21(24)13-25-17-8-7-15(2)16(3)11-17/h6-11,19H,12-13H2,1-5H3,(H,23,24)/t19-/m0/s1. The van der Waals surface area contributed by atoms with E-state index in [-0.39, 0.29) is 24.2 Å². The number of fused-ring (bicyclic) bond motifs is 1. The third-order valence-electron chi connectivity index (χ3n) is 4.81. The maximum Gasteiger partial charge on any atom is 0.258 e. The van der Waals surface area contributed by atoms with Crippen LogP contribution >= 0.6 is 0 Å². The largest absolute Gasteiger partial charge is 0.487 e. The number of carbonyl (C=O) groups is 1. The molecule has 4 nitrogen and oxygen atoms in total. The van der Waals surface area contributed by atoms with Crippen LogP contribution in [-0.4, -0.2) is 18.1 Å². The van der Waals surface area contributed by atoms with Gasteiger partial charge in [0.2, 0.25) is 0 Å². The maximum atomic E-state index is 12.4. The van der Waals surface area contributed by atoms with Gasteiger partial charge in [-0.25, -0.2) is 0 Å². The number of ether oxygens (including phenoxy) is 2. The van der Waals surface area contributed by atoms with Crippen LogP contribution in [-0.2, 0) is 4.79 Å². The molecule has 0 spiro atoms. The van der Waals surface area contributed by atoms with Gasteiger partial charge < -0.3 is 14.8 Å². The first-order valence-corrected chi connectivity index (χ1v) is 9.02. The van der Waals surface area contributed by atoms with Gasteiger partial charge in [-0.3, -0.25) is 4.79 Å². The summed E-state index contributed by atoms with van der Waals surface area (Å²) < 4.78 is 11.7. The maximum absolute atomic E-state index is 12.4. The first kappa shape index (κ1) is 18.3. The van der Waals surface area contributed by atoms with E-state index < -0.39 is 0 Å². The van der Waals surface area contributed by atoms with E-state index in [9.17, 15) is 4.79 Å². The van der Waals surface area contributed by atoms with Crippen molar-refractivity contribution in [3.63, 3.8) is 0 Å². The van der Waals surface area contributed by atoms with E-state index in [1.54, 1.807) is 0 Å². The summed E-state index contributed by atoms with van der Waals surface area (Å²) in [6, 6.07) is 11.9. The first-order valence-electron chi connectivity index (χ1n) is 9.02. The fourth-order valence-electron chi connectivity index (χ4n) is 3.28. The van der Waals surface area contributed by atoms with E-state index in [0.29, 0.717) is 5.75 Å². The van der Waals surface area contributed by atoms with Crippen molar-refractivity contribution in [1.82, 2.24) is 5.32 Å². The van der Waals surface area contributed by atoms with Crippen molar-refractivity contribution in [3.05, 3.63) is 58.7 Å². The summed E-state index contributed by atoms with van der Waals surface area (Å²) >= 11 is 0. The van der Waals surface area contributed by atoms with Gasteiger partial charge in [-0.2, -0.15) is 0 Å². The highest BCUT2D eigenvalue weighted by Gasteiger charge is 2.34. The Balaban J connectivity index is 1.68. The molecule has 1 aliphatic rings. The van der Waals surface area contributed by atoms with Crippen LogP contribution in [0.3, 0.4) is 0 Å². The molecular weight excluding hydrogens is 326 g/mol. The molecule has 2 aromatic carbocycles. The van der Waals surface area contributed by atoms with Gasteiger partial charge in [0.1, 0.15) is 17.1 Å². The quantitative estimate of drug-likeness (QED) is 0.886. The first-order chi connectivity index (χ1) is 12.2. The SMILES string of the molecule is Cc1ccc2c(c1)OC(C)(C)C[C@@H]2NC(=O)COc1ccc(C)c(C)c1. The normalized spacial score (nSPS) is 17.8. The molecule has 26 heavy (non-hydrogen) atoms. The van der Waals surface area contributed by atoms with Gasteiger partial charge >= 0.3 is 0 Å². The summed E-state index contributed by atoms with van der Waals surface area (Å²) in [7, 11) is 0. The molecule has 0 unspecified atom stereocenters. The number of aryl methyl sites for hydroxylation is 3. The molecule has 1 amide bonds. The molecule has 0 radical (unpaired) electrons. The number of hydrogen-bond acceptors (Lipinski definition) is 3. The minimum atomic E-state index is -0.326. The van der Waals surface area contributed by atoms with Crippen LogP contribution in [0.15, 0.2) is 36.4 Å². The smallest absolute Gasteiger partial charge is 0.258 e.